The molecule has 0 aliphatic carbocycles. The Hall–Kier alpha value is -3.40. The van der Waals surface area contributed by atoms with E-state index < -0.39 is 5.82 Å². The number of pyridine rings is 1. The van der Waals surface area contributed by atoms with Crippen molar-refractivity contribution in [2.45, 2.75) is 45.6 Å². The summed E-state index contributed by atoms with van der Waals surface area (Å²) in [5, 5.41) is 3.07. The number of likely N-dealkylation sites (tertiary alicyclic amines) is 1. The fourth-order valence-electron chi connectivity index (χ4n) is 4.74. The zero-order valence-corrected chi connectivity index (χ0v) is 20.1. The number of piperidine rings is 1. The van der Waals surface area contributed by atoms with Gasteiger partial charge in [0.1, 0.15) is 17.2 Å². The lowest BCUT2D eigenvalue weighted by molar-refractivity contribution is 0.0689. The first-order valence-electron chi connectivity index (χ1n) is 12.2. The summed E-state index contributed by atoms with van der Waals surface area (Å²) >= 11 is 0. The van der Waals surface area contributed by atoms with Gasteiger partial charge in [-0.1, -0.05) is 6.92 Å². The van der Waals surface area contributed by atoms with Crippen LogP contribution in [0.1, 0.15) is 55.0 Å². The summed E-state index contributed by atoms with van der Waals surface area (Å²) < 4.78 is 22.3. The number of amides is 1. The van der Waals surface area contributed by atoms with Crippen LogP contribution in [0.25, 0.3) is 11.4 Å². The topological polar surface area (TPSA) is 98.1 Å². The lowest BCUT2D eigenvalue weighted by atomic mass is 9.99. The minimum absolute atomic E-state index is 0.0551. The molecule has 3 aromatic heterocycles. The highest BCUT2D eigenvalue weighted by molar-refractivity contribution is 5.92. The largest absolute Gasteiger partial charge is 0.381 e. The van der Waals surface area contributed by atoms with Crippen molar-refractivity contribution in [3.05, 3.63) is 48.1 Å². The summed E-state index contributed by atoms with van der Waals surface area (Å²) in [5.74, 6) is 1.13. The Labute approximate surface area is 203 Å². The molecular formula is C25H30FN7O2. The van der Waals surface area contributed by atoms with Gasteiger partial charge in [-0.25, -0.2) is 24.3 Å². The number of hydrogen-bond donors (Lipinski definition) is 1. The summed E-state index contributed by atoms with van der Waals surface area (Å²) in [6.07, 6.45) is 8.10. The number of imidazole rings is 1. The Kier molecular flexibility index (Phi) is 6.72. The van der Waals surface area contributed by atoms with Gasteiger partial charge in [0.15, 0.2) is 5.82 Å². The van der Waals surface area contributed by atoms with E-state index in [1.165, 1.54) is 0 Å². The van der Waals surface area contributed by atoms with Crippen molar-refractivity contribution in [1.82, 2.24) is 29.4 Å². The molecule has 5 rings (SSSR count). The second-order valence-electron chi connectivity index (χ2n) is 9.33. The van der Waals surface area contributed by atoms with E-state index >= 15 is 0 Å². The Balaban J connectivity index is 1.33. The van der Waals surface area contributed by atoms with Gasteiger partial charge in [0.25, 0.3) is 5.91 Å². The minimum atomic E-state index is -0.515. The number of aromatic nitrogens is 5. The lowest BCUT2D eigenvalue weighted by Crippen LogP contribution is -2.38. The third kappa shape index (κ3) is 5.02. The van der Waals surface area contributed by atoms with Crippen molar-refractivity contribution in [2.75, 3.05) is 31.6 Å². The minimum Gasteiger partial charge on any atom is -0.381 e. The average molecular weight is 480 g/mol. The van der Waals surface area contributed by atoms with Crippen LogP contribution in [-0.2, 0) is 4.74 Å². The smallest absolute Gasteiger partial charge is 0.272 e. The molecule has 2 saturated heterocycles. The van der Waals surface area contributed by atoms with E-state index in [2.05, 4.69) is 32.2 Å². The maximum Gasteiger partial charge on any atom is 0.272 e. The molecule has 2 fully saturated rings. The fraction of sp³-hybridized carbons (Fsp3) is 0.480. The molecule has 2 aliphatic heterocycles. The van der Waals surface area contributed by atoms with E-state index in [-0.39, 0.29) is 23.6 Å². The second-order valence-corrected chi connectivity index (χ2v) is 9.33. The van der Waals surface area contributed by atoms with Crippen LogP contribution in [0.4, 0.5) is 16.0 Å². The number of aryl methyl sites for hydroxylation is 1. The summed E-state index contributed by atoms with van der Waals surface area (Å²) in [6.45, 7) is 6.99. The molecule has 0 aromatic carbocycles. The van der Waals surface area contributed by atoms with Gasteiger partial charge in [-0.2, -0.15) is 0 Å². The molecule has 35 heavy (non-hydrogen) atoms. The maximum atomic E-state index is 14.8. The van der Waals surface area contributed by atoms with Gasteiger partial charge in [0.05, 0.1) is 30.0 Å². The third-order valence-electron chi connectivity index (χ3n) is 6.83. The van der Waals surface area contributed by atoms with Gasteiger partial charge in [0, 0.05) is 32.3 Å². The molecule has 0 spiro atoms. The molecule has 184 valence electrons. The van der Waals surface area contributed by atoms with Crippen LogP contribution in [0.5, 0.6) is 0 Å². The summed E-state index contributed by atoms with van der Waals surface area (Å²) in [5.41, 5.74) is 1.82. The molecule has 1 N–H and O–H groups in total. The molecule has 9 nitrogen and oxygen atoms in total. The maximum absolute atomic E-state index is 14.8. The number of carbonyl (C=O) groups excluding carboxylic acids is 1. The van der Waals surface area contributed by atoms with E-state index in [4.69, 9.17) is 4.74 Å². The van der Waals surface area contributed by atoms with Crippen molar-refractivity contribution >= 4 is 17.5 Å². The quantitative estimate of drug-likeness (QED) is 0.587. The van der Waals surface area contributed by atoms with Crippen LogP contribution in [-0.4, -0.2) is 61.6 Å². The third-order valence-corrected chi connectivity index (χ3v) is 6.83. The molecule has 2 aliphatic rings. The van der Waals surface area contributed by atoms with Gasteiger partial charge in [-0.15, -0.1) is 0 Å². The molecule has 0 atom stereocenters. The van der Waals surface area contributed by atoms with Crippen LogP contribution in [0, 0.1) is 18.7 Å². The number of hydrogen-bond acceptors (Lipinski definition) is 7. The zero-order chi connectivity index (χ0) is 24.4. The SMILES string of the molecule is Cc1ncc(-c2nc(Nc3ccc(C(=O)N4CCC(C)CC4)nc3)ncc2F)n1C1CCOCC1. The summed E-state index contributed by atoms with van der Waals surface area (Å²) in [4.78, 5) is 31.9. The highest BCUT2D eigenvalue weighted by atomic mass is 19.1. The molecule has 5 heterocycles. The van der Waals surface area contributed by atoms with Gasteiger partial charge in [-0.05, 0) is 50.7 Å². The van der Waals surface area contributed by atoms with Gasteiger partial charge in [0.2, 0.25) is 5.95 Å². The Morgan fingerprint density at radius 1 is 1.06 bits per heavy atom. The number of carbonyl (C=O) groups is 1. The van der Waals surface area contributed by atoms with Crippen LogP contribution in [0.2, 0.25) is 0 Å². The highest BCUT2D eigenvalue weighted by Crippen LogP contribution is 2.31. The van der Waals surface area contributed by atoms with Crippen molar-refractivity contribution in [1.29, 1.82) is 0 Å². The van der Waals surface area contributed by atoms with Crippen LogP contribution < -0.4 is 5.32 Å². The molecule has 3 aromatic rings. The fourth-order valence-corrected chi connectivity index (χ4v) is 4.74. The van der Waals surface area contributed by atoms with E-state index in [1.54, 1.807) is 24.5 Å². The molecule has 0 radical (unpaired) electrons. The van der Waals surface area contributed by atoms with Crippen molar-refractivity contribution in [3.63, 3.8) is 0 Å². The normalized spacial score (nSPS) is 17.5. The molecule has 0 bridgehead atoms. The van der Waals surface area contributed by atoms with E-state index in [1.807, 2.05) is 16.4 Å². The molecule has 0 unspecified atom stereocenters. The lowest BCUT2D eigenvalue weighted by Gasteiger charge is -2.30. The molecule has 1 amide bonds. The van der Waals surface area contributed by atoms with E-state index in [0.29, 0.717) is 36.2 Å². The van der Waals surface area contributed by atoms with Gasteiger partial charge < -0.3 is 19.5 Å². The first-order chi connectivity index (χ1) is 17.0. The van der Waals surface area contributed by atoms with E-state index in [9.17, 15) is 9.18 Å². The Morgan fingerprint density at radius 2 is 1.83 bits per heavy atom. The standard InChI is InChI=1S/C25H30FN7O2/c1-16-5-9-32(10-6-16)24(34)21-4-3-18(13-28-21)30-25-29-14-20(26)23(31-25)22-15-27-17(2)33(22)19-7-11-35-12-8-19/h3-4,13-16,19H,5-12H2,1-2H3,(H,29,30,31). The Morgan fingerprint density at radius 3 is 2.54 bits per heavy atom. The van der Waals surface area contributed by atoms with Gasteiger partial charge >= 0.3 is 0 Å². The Bertz CT molecular complexity index is 1180. The number of nitrogens with one attached hydrogen (secondary N) is 1. The molecule has 10 heteroatoms. The summed E-state index contributed by atoms with van der Waals surface area (Å²) in [6, 6.07) is 3.64. The number of nitrogens with zero attached hydrogens (tertiary/aromatic N) is 6. The van der Waals surface area contributed by atoms with Gasteiger partial charge in [-0.3, -0.25) is 4.79 Å². The van der Waals surface area contributed by atoms with Crippen molar-refractivity contribution in [3.8, 4) is 11.4 Å². The average Bonchev–Trinajstić information content (AvgIpc) is 3.27. The van der Waals surface area contributed by atoms with Crippen LogP contribution in [0.15, 0.2) is 30.7 Å². The molecule has 0 saturated carbocycles. The highest BCUT2D eigenvalue weighted by Gasteiger charge is 2.24. The number of anilines is 2. The van der Waals surface area contributed by atoms with E-state index in [0.717, 1.165) is 50.8 Å². The van der Waals surface area contributed by atoms with Crippen molar-refractivity contribution < 1.29 is 13.9 Å². The monoisotopic (exact) mass is 479 g/mol. The number of halogens is 1. The first kappa shape index (κ1) is 23.3. The number of rotatable bonds is 5. The predicted octanol–water partition coefficient (Wildman–Crippen LogP) is 4.15. The second kappa shape index (κ2) is 10.1. The van der Waals surface area contributed by atoms with Crippen LogP contribution >= 0.6 is 0 Å². The first-order valence-corrected chi connectivity index (χ1v) is 12.2. The summed E-state index contributed by atoms with van der Waals surface area (Å²) in [7, 11) is 0. The zero-order valence-electron chi connectivity index (χ0n) is 20.1. The predicted molar refractivity (Wildman–Crippen MR) is 129 cm³/mol. The van der Waals surface area contributed by atoms with Crippen LogP contribution in [0.3, 0.4) is 0 Å². The molecular weight excluding hydrogens is 449 g/mol. The van der Waals surface area contributed by atoms with Crippen molar-refractivity contribution in [2.24, 2.45) is 5.92 Å². The number of ether oxygens (including phenoxy) is 1.